The van der Waals surface area contributed by atoms with Gasteiger partial charge in [-0.15, -0.1) is 0 Å². The minimum atomic E-state index is 0.577. The van der Waals surface area contributed by atoms with Gasteiger partial charge in [-0.1, -0.05) is 23.2 Å². The lowest BCUT2D eigenvalue weighted by atomic mass is 10.2. The normalized spacial score (nSPS) is 9.90. The van der Waals surface area contributed by atoms with Gasteiger partial charge in [0.25, 0.3) is 0 Å². The van der Waals surface area contributed by atoms with Gasteiger partial charge < -0.3 is 5.73 Å². The first kappa shape index (κ1) is 7.70. The summed E-state index contributed by atoms with van der Waals surface area (Å²) in [7, 11) is 0. The van der Waals surface area contributed by atoms with Gasteiger partial charge in [0.1, 0.15) is 0 Å². The fraction of sp³-hybridized carbons (Fsp3) is 0.143. The summed E-state index contributed by atoms with van der Waals surface area (Å²) in [5.41, 5.74) is 7.07. The summed E-state index contributed by atoms with van der Waals surface area (Å²) >= 11 is 11.4. The zero-order valence-corrected chi connectivity index (χ0v) is 7.00. The molecule has 0 aliphatic rings. The Labute approximate surface area is 69.7 Å². The highest BCUT2D eigenvalue weighted by molar-refractivity contribution is 6.35. The van der Waals surface area contributed by atoms with Crippen molar-refractivity contribution in [3.8, 4) is 0 Å². The molecular formula is C7H7Cl2N. The molecule has 0 saturated carbocycles. The second-order valence-corrected chi connectivity index (χ2v) is 2.95. The van der Waals surface area contributed by atoms with E-state index in [0.29, 0.717) is 15.7 Å². The van der Waals surface area contributed by atoms with Gasteiger partial charge in [-0.25, -0.2) is 0 Å². The van der Waals surface area contributed by atoms with Crippen molar-refractivity contribution in [1.82, 2.24) is 0 Å². The molecule has 0 unspecified atom stereocenters. The number of hydrogen-bond acceptors (Lipinski definition) is 1. The van der Waals surface area contributed by atoms with E-state index in [1.807, 2.05) is 6.92 Å². The first-order valence-corrected chi connectivity index (χ1v) is 3.58. The number of hydrogen-bond donors (Lipinski definition) is 1. The van der Waals surface area contributed by atoms with Crippen LogP contribution in [0.2, 0.25) is 10.0 Å². The summed E-state index contributed by atoms with van der Waals surface area (Å²) in [4.78, 5) is 0. The van der Waals surface area contributed by atoms with E-state index in [1.165, 1.54) is 0 Å². The molecule has 0 heterocycles. The van der Waals surface area contributed by atoms with Crippen molar-refractivity contribution in [2.75, 3.05) is 5.73 Å². The fourth-order valence-corrected chi connectivity index (χ4v) is 1.17. The van der Waals surface area contributed by atoms with Crippen LogP contribution in [0, 0.1) is 6.92 Å². The maximum atomic E-state index is 5.75. The molecule has 0 aromatic heterocycles. The standard InChI is InChI=1S/C7H7Cl2N/c1-4-6(9)2-5(8)3-7(4)10/h2-3H,10H2,1H3. The molecule has 0 aliphatic carbocycles. The summed E-state index contributed by atoms with van der Waals surface area (Å²) in [6, 6.07) is 3.36. The Morgan fingerprint density at radius 3 is 2.40 bits per heavy atom. The first-order valence-electron chi connectivity index (χ1n) is 2.82. The van der Waals surface area contributed by atoms with Gasteiger partial charge in [0, 0.05) is 15.7 Å². The Balaban J connectivity index is 3.31. The lowest BCUT2D eigenvalue weighted by molar-refractivity contribution is 1.47. The molecule has 0 spiro atoms. The van der Waals surface area contributed by atoms with E-state index < -0.39 is 0 Å². The average Bonchev–Trinajstić information content (AvgIpc) is 1.82. The van der Waals surface area contributed by atoms with Crippen LogP contribution < -0.4 is 5.73 Å². The molecule has 1 aromatic carbocycles. The summed E-state index contributed by atoms with van der Waals surface area (Å²) in [6.45, 7) is 1.86. The average molecular weight is 176 g/mol. The van der Waals surface area contributed by atoms with E-state index in [0.717, 1.165) is 5.56 Å². The lowest BCUT2D eigenvalue weighted by Crippen LogP contribution is -1.89. The summed E-state index contributed by atoms with van der Waals surface area (Å²) in [6.07, 6.45) is 0. The van der Waals surface area contributed by atoms with Crippen molar-refractivity contribution < 1.29 is 0 Å². The van der Waals surface area contributed by atoms with Gasteiger partial charge in [-0.3, -0.25) is 0 Å². The molecule has 0 radical (unpaired) electrons. The molecule has 1 aromatic rings. The number of nitrogens with two attached hydrogens (primary N) is 1. The van der Waals surface area contributed by atoms with Crippen LogP contribution in [-0.2, 0) is 0 Å². The monoisotopic (exact) mass is 175 g/mol. The largest absolute Gasteiger partial charge is 0.398 e. The number of rotatable bonds is 0. The Morgan fingerprint density at radius 2 is 1.90 bits per heavy atom. The third-order valence-electron chi connectivity index (χ3n) is 1.35. The lowest BCUT2D eigenvalue weighted by Gasteiger charge is -2.01. The minimum Gasteiger partial charge on any atom is -0.398 e. The predicted octanol–water partition coefficient (Wildman–Crippen LogP) is 2.88. The molecule has 1 rings (SSSR count). The molecule has 0 saturated heterocycles. The third-order valence-corrected chi connectivity index (χ3v) is 1.96. The molecule has 0 bridgehead atoms. The van der Waals surface area contributed by atoms with E-state index in [1.54, 1.807) is 12.1 Å². The molecule has 0 aliphatic heterocycles. The molecule has 3 heteroatoms. The maximum absolute atomic E-state index is 5.75. The van der Waals surface area contributed by atoms with Gasteiger partial charge in [0.05, 0.1) is 0 Å². The second-order valence-electron chi connectivity index (χ2n) is 2.10. The van der Waals surface area contributed by atoms with Gasteiger partial charge in [0.2, 0.25) is 0 Å². The molecule has 2 N–H and O–H groups in total. The van der Waals surface area contributed by atoms with Crippen molar-refractivity contribution in [1.29, 1.82) is 0 Å². The molecule has 1 nitrogen and oxygen atoms in total. The molecule has 10 heavy (non-hydrogen) atoms. The number of halogens is 2. The summed E-state index contributed by atoms with van der Waals surface area (Å²) < 4.78 is 0. The van der Waals surface area contributed by atoms with Crippen LogP contribution in [0.15, 0.2) is 12.1 Å². The SMILES string of the molecule is Cc1c(N)cc(Cl)cc1Cl. The van der Waals surface area contributed by atoms with Crippen LogP contribution in [-0.4, -0.2) is 0 Å². The summed E-state index contributed by atoms with van der Waals surface area (Å²) in [5, 5.41) is 1.19. The highest BCUT2D eigenvalue weighted by Crippen LogP contribution is 2.25. The smallest absolute Gasteiger partial charge is 0.0470 e. The highest BCUT2D eigenvalue weighted by atomic mass is 35.5. The number of benzene rings is 1. The molecule has 54 valence electrons. The van der Waals surface area contributed by atoms with Crippen LogP contribution in [0.3, 0.4) is 0 Å². The van der Waals surface area contributed by atoms with Crippen LogP contribution >= 0.6 is 23.2 Å². The predicted molar refractivity (Wildman–Crippen MR) is 45.6 cm³/mol. The first-order chi connectivity index (χ1) is 4.61. The zero-order chi connectivity index (χ0) is 7.72. The highest BCUT2D eigenvalue weighted by Gasteiger charge is 1.99. The van der Waals surface area contributed by atoms with E-state index in [9.17, 15) is 0 Å². The Bertz CT molecular complexity index is 235. The third kappa shape index (κ3) is 1.36. The van der Waals surface area contributed by atoms with E-state index in [2.05, 4.69) is 0 Å². The second kappa shape index (κ2) is 2.69. The summed E-state index contributed by atoms with van der Waals surface area (Å²) in [5.74, 6) is 0. The van der Waals surface area contributed by atoms with Gasteiger partial charge in [-0.2, -0.15) is 0 Å². The van der Waals surface area contributed by atoms with Crippen LogP contribution in [0.5, 0.6) is 0 Å². The van der Waals surface area contributed by atoms with E-state index in [-0.39, 0.29) is 0 Å². The topological polar surface area (TPSA) is 26.0 Å². The van der Waals surface area contributed by atoms with Crippen molar-refractivity contribution in [2.45, 2.75) is 6.92 Å². The van der Waals surface area contributed by atoms with Crippen molar-refractivity contribution in [2.24, 2.45) is 0 Å². The molecule has 0 atom stereocenters. The van der Waals surface area contributed by atoms with Gasteiger partial charge in [0.15, 0.2) is 0 Å². The molecular weight excluding hydrogens is 169 g/mol. The van der Waals surface area contributed by atoms with Crippen molar-refractivity contribution in [3.63, 3.8) is 0 Å². The van der Waals surface area contributed by atoms with E-state index >= 15 is 0 Å². The maximum Gasteiger partial charge on any atom is 0.0470 e. The minimum absolute atomic E-state index is 0.577. The van der Waals surface area contributed by atoms with Gasteiger partial charge in [-0.05, 0) is 24.6 Å². The van der Waals surface area contributed by atoms with Crippen LogP contribution in [0.25, 0.3) is 0 Å². The Kier molecular flexibility index (Phi) is 2.07. The Hall–Kier alpha value is -0.400. The quantitative estimate of drug-likeness (QED) is 0.604. The fourth-order valence-electron chi connectivity index (χ4n) is 0.666. The number of anilines is 1. The van der Waals surface area contributed by atoms with Crippen LogP contribution in [0.1, 0.15) is 5.56 Å². The van der Waals surface area contributed by atoms with Gasteiger partial charge >= 0.3 is 0 Å². The number of nitrogen functional groups attached to an aromatic ring is 1. The Morgan fingerprint density at radius 1 is 1.30 bits per heavy atom. The van der Waals surface area contributed by atoms with Crippen molar-refractivity contribution >= 4 is 28.9 Å². The van der Waals surface area contributed by atoms with Crippen LogP contribution in [0.4, 0.5) is 5.69 Å². The van der Waals surface area contributed by atoms with Crippen molar-refractivity contribution in [3.05, 3.63) is 27.7 Å². The molecule has 0 fully saturated rings. The zero-order valence-electron chi connectivity index (χ0n) is 5.49. The van der Waals surface area contributed by atoms with E-state index in [4.69, 9.17) is 28.9 Å². The molecule has 0 amide bonds.